The highest BCUT2D eigenvalue weighted by Crippen LogP contribution is 2.32. The summed E-state index contributed by atoms with van der Waals surface area (Å²) >= 11 is 0. The zero-order valence-electron chi connectivity index (χ0n) is 10.5. The van der Waals surface area contributed by atoms with Gasteiger partial charge in [0, 0.05) is 24.8 Å². The van der Waals surface area contributed by atoms with Gasteiger partial charge >= 0.3 is 6.03 Å². The van der Waals surface area contributed by atoms with Crippen LogP contribution in [0, 0.1) is 0 Å². The van der Waals surface area contributed by atoms with E-state index in [1.807, 2.05) is 6.07 Å². The average molecular weight is 251 g/mol. The van der Waals surface area contributed by atoms with Crippen molar-refractivity contribution in [2.24, 2.45) is 5.73 Å². The number of ether oxygens (including phenoxy) is 2. The number of hydrogen-bond acceptors (Lipinski definition) is 4. The zero-order valence-corrected chi connectivity index (χ0v) is 10.5. The van der Waals surface area contributed by atoms with Crippen LogP contribution in [0.2, 0.25) is 0 Å². The van der Waals surface area contributed by atoms with Crippen LogP contribution in [-0.4, -0.2) is 39.4 Å². The molecule has 1 aliphatic rings. The van der Waals surface area contributed by atoms with Crippen molar-refractivity contribution in [3.05, 3.63) is 18.2 Å². The molecule has 0 aliphatic carbocycles. The Kier molecular flexibility index (Phi) is 3.57. The highest BCUT2D eigenvalue weighted by atomic mass is 16.5. The van der Waals surface area contributed by atoms with Crippen LogP contribution in [-0.2, 0) is 0 Å². The lowest BCUT2D eigenvalue weighted by Crippen LogP contribution is -2.33. The molecule has 18 heavy (non-hydrogen) atoms. The summed E-state index contributed by atoms with van der Waals surface area (Å²) in [6, 6.07) is 5.22. The average Bonchev–Trinajstić information content (AvgIpc) is 2.79. The number of benzene rings is 1. The van der Waals surface area contributed by atoms with Gasteiger partial charge in [-0.1, -0.05) is 0 Å². The van der Waals surface area contributed by atoms with Crippen LogP contribution in [0.5, 0.6) is 11.5 Å². The second-order valence-electron chi connectivity index (χ2n) is 4.03. The summed E-state index contributed by atoms with van der Waals surface area (Å²) in [7, 11) is 3.14. The number of nitrogens with one attached hydrogen (secondary N) is 1. The molecule has 0 saturated carbocycles. The third kappa shape index (κ3) is 2.19. The molecule has 6 nitrogen and oxygen atoms in total. The summed E-state index contributed by atoms with van der Waals surface area (Å²) in [6.45, 7) is 0.986. The second-order valence-corrected chi connectivity index (χ2v) is 4.03. The van der Waals surface area contributed by atoms with Crippen molar-refractivity contribution in [1.29, 1.82) is 0 Å². The molecule has 6 heteroatoms. The maximum atomic E-state index is 11.8. The molecule has 1 fully saturated rings. The zero-order chi connectivity index (χ0) is 13.1. The Bertz CT molecular complexity index is 450. The summed E-state index contributed by atoms with van der Waals surface area (Å²) in [5.74, 6) is 1.23. The fourth-order valence-electron chi connectivity index (χ4n) is 1.95. The fourth-order valence-corrected chi connectivity index (χ4v) is 1.95. The van der Waals surface area contributed by atoms with Gasteiger partial charge in [0.05, 0.1) is 20.3 Å². The molecule has 0 radical (unpaired) electrons. The van der Waals surface area contributed by atoms with E-state index in [2.05, 4.69) is 5.32 Å². The Labute approximate surface area is 106 Å². The van der Waals surface area contributed by atoms with Gasteiger partial charge in [-0.15, -0.1) is 0 Å². The summed E-state index contributed by atoms with van der Waals surface area (Å²) in [5.41, 5.74) is 6.32. The van der Waals surface area contributed by atoms with Crippen molar-refractivity contribution < 1.29 is 14.3 Å². The smallest absolute Gasteiger partial charge is 0.322 e. The van der Waals surface area contributed by atoms with Gasteiger partial charge in [0.1, 0.15) is 0 Å². The van der Waals surface area contributed by atoms with Crippen molar-refractivity contribution in [3.63, 3.8) is 0 Å². The minimum atomic E-state index is -0.141. The van der Waals surface area contributed by atoms with Crippen molar-refractivity contribution in [2.45, 2.75) is 6.04 Å². The Morgan fingerprint density at radius 3 is 2.67 bits per heavy atom. The number of hydrogen-bond donors (Lipinski definition) is 2. The highest BCUT2D eigenvalue weighted by Gasteiger charge is 2.29. The van der Waals surface area contributed by atoms with Crippen LogP contribution >= 0.6 is 0 Å². The molecular formula is C12H17N3O3. The van der Waals surface area contributed by atoms with Crippen LogP contribution < -0.4 is 25.4 Å². The fraction of sp³-hybridized carbons (Fsp3) is 0.417. The topological polar surface area (TPSA) is 76.8 Å². The molecule has 0 bridgehead atoms. The first kappa shape index (κ1) is 12.5. The molecule has 1 saturated heterocycles. The summed E-state index contributed by atoms with van der Waals surface area (Å²) in [5, 5.41) is 2.81. The molecule has 1 heterocycles. The van der Waals surface area contributed by atoms with Crippen molar-refractivity contribution >= 4 is 11.7 Å². The maximum Gasteiger partial charge on any atom is 0.322 e. The molecule has 1 atom stereocenters. The number of nitrogens with zero attached hydrogens (tertiary/aromatic N) is 1. The van der Waals surface area contributed by atoms with Gasteiger partial charge in [-0.25, -0.2) is 4.79 Å². The highest BCUT2D eigenvalue weighted by molar-refractivity contribution is 5.94. The van der Waals surface area contributed by atoms with E-state index in [-0.39, 0.29) is 12.1 Å². The van der Waals surface area contributed by atoms with Gasteiger partial charge in [0.25, 0.3) is 0 Å². The predicted molar refractivity (Wildman–Crippen MR) is 68.3 cm³/mol. The lowest BCUT2D eigenvalue weighted by Gasteiger charge is -2.16. The molecular weight excluding hydrogens is 234 g/mol. The van der Waals surface area contributed by atoms with E-state index in [1.54, 1.807) is 31.3 Å². The second kappa shape index (κ2) is 5.14. The summed E-state index contributed by atoms with van der Waals surface area (Å²) < 4.78 is 10.4. The molecule has 1 aromatic carbocycles. The Balaban J connectivity index is 2.26. The van der Waals surface area contributed by atoms with Crippen LogP contribution in [0.3, 0.4) is 0 Å². The van der Waals surface area contributed by atoms with E-state index < -0.39 is 0 Å². The van der Waals surface area contributed by atoms with Crippen LogP contribution in [0.4, 0.5) is 10.5 Å². The van der Waals surface area contributed by atoms with Crippen molar-refractivity contribution in [3.8, 4) is 11.5 Å². The van der Waals surface area contributed by atoms with Gasteiger partial charge in [-0.2, -0.15) is 0 Å². The minimum Gasteiger partial charge on any atom is -0.493 e. The van der Waals surface area contributed by atoms with Gasteiger partial charge < -0.3 is 20.5 Å². The van der Waals surface area contributed by atoms with Gasteiger partial charge in [0.2, 0.25) is 0 Å². The number of amides is 2. The molecule has 1 unspecified atom stereocenters. The first-order chi connectivity index (χ1) is 8.69. The first-order valence-corrected chi connectivity index (χ1v) is 5.69. The van der Waals surface area contributed by atoms with E-state index in [0.717, 1.165) is 5.69 Å². The van der Waals surface area contributed by atoms with Crippen LogP contribution in [0.25, 0.3) is 0 Å². The SMILES string of the molecule is COc1ccc(N2CC(CN)NC2=O)cc1OC. The first-order valence-electron chi connectivity index (χ1n) is 5.69. The Morgan fingerprint density at radius 2 is 2.11 bits per heavy atom. The van der Waals surface area contributed by atoms with Gasteiger partial charge in [-0.3, -0.25) is 4.90 Å². The molecule has 3 N–H and O–H groups in total. The van der Waals surface area contributed by atoms with Gasteiger partial charge in [0.15, 0.2) is 11.5 Å². The molecule has 1 aliphatic heterocycles. The summed E-state index contributed by atoms with van der Waals surface area (Å²) in [6.07, 6.45) is 0. The standard InChI is InChI=1S/C12H17N3O3/c1-17-10-4-3-9(5-11(10)18-2)15-7-8(6-13)14-12(15)16/h3-5,8H,6-7,13H2,1-2H3,(H,14,16). The molecule has 0 aromatic heterocycles. The maximum absolute atomic E-state index is 11.8. The lowest BCUT2D eigenvalue weighted by atomic mass is 10.2. The van der Waals surface area contributed by atoms with Crippen LogP contribution in [0.1, 0.15) is 0 Å². The van der Waals surface area contributed by atoms with Crippen molar-refractivity contribution in [2.75, 3.05) is 32.2 Å². The third-order valence-electron chi connectivity index (χ3n) is 2.94. The normalized spacial score (nSPS) is 18.7. The van der Waals surface area contributed by atoms with E-state index in [0.29, 0.717) is 24.6 Å². The lowest BCUT2D eigenvalue weighted by molar-refractivity contribution is 0.251. The quantitative estimate of drug-likeness (QED) is 0.819. The molecule has 0 spiro atoms. The number of anilines is 1. The van der Waals surface area contributed by atoms with E-state index in [9.17, 15) is 4.79 Å². The number of methoxy groups -OCH3 is 2. The van der Waals surface area contributed by atoms with E-state index in [1.165, 1.54) is 0 Å². The Hall–Kier alpha value is -1.95. The largest absolute Gasteiger partial charge is 0.493 e. The number of carbonyl (C=O) groups is 1. The number of urea groups is 1. The molecule has 1 aromatic rings. The summed E-state index contributed by atoms with van der Waals surface area (Å²) in [4.78, 5) is 13.4. The van der Waals surface area contributed by atoms with Gasteiger partial charge in [-0.05, 0) is 12.1 Å². The third-order valence-corrected chi connectivity index (χ3v) is 2.94. The number of rotatable bonds is 4. The minimum absolute atomic E-state index is 0.00871. The Morgan fingerprint density at radius 1 is 1.39 bits per heavy atom. The van der Waals surface area contributed by atoms with Crippen LogP contribution in [0.15, 0.2) is 18.2 Å². The molecule has 2 amide bonds. The monoisotopic (exact) mass is 251 g/mol. The molecule has 98 valence electrons. The number of carbonyl (C=O) groups excluding carboxylic acids is 1. The predicted octanol–water partition coefficient (Wildman–Crippen LogP) is 0.561. The van der Waals surface area contributed by atoms with Crippen molar-refractivity contribution in [1.82, 2.24) is 5.32 Å². The number of nitrogens with two attached hydrogens (primary N) is 1. The molecule has 2 rings (SSSR count). The van der Waals surface area contributed by atoms with E-state index in [4.69, 9.17) is 15.2 Å². The van der Waals surface area contributed by atoms with E-state index >= 15 is 0 Å².